The summed E-state index contributed by atoms with van der Waals surface area (Å²) in [5, 5.41) is 10.4. The molecule has 0 aliphatic heterocycles. The zero-order valence-corrected chi connectivity index (χ0v) is 16.0. The number of ketones is 1. The van der Waals surface area contributed by atoms with Crippen LogP contribution in [0.4, 0.5) is 0 Å². The third kappa shape index (κ3) is 4.07. The topological polar surface area (TPSA) is 56.0 Å². The zero-order chi connectivity index (χ0) is 17.8. The lowest BCUT2D eigenvalue weighted by Gasteiger charge is -2.22. The van der Waals surface area contributed by atoms with Crippen molar-refractivity contribution >= 4 is 28.9 Å². The SMILES string of the molecule is O=C(CSc1nnc(-c2cccs2)o1)c1ccc(C2CCCCC2)cc1. The van der Waals surface area contributed by atoms with Gasteiger partial charge in [-0.25, -0.2) is 0 Å². The van der Waals surface area contributed by atoms with Gasteiger partial charge in [0.1, 0.15) is 0 Å². The second-order valence-corrected chi connectivity index (χ2v) is 8.39. The number of aromatic nitrogens is 2. The van der Waals surface area contributed by atoms with Crippen molar-refractivity contribution in [3.05, 3.63) is 52.9 Å². The van der Waals surface area contributed by atoms with Crippen LogP contribution in [0.5, 0.6) is 0 Å². The van der Waals surface area contributed by atoms with Crippen molar-refractivity contribution in [3.8, 4) is 10.8 Å². The summed E-state index contributed by atoms with van der Waals surface area (Å²) in [6.07, 6.45) is 6.53. The van der Waals surface area contributed by atoms with Gasteiger partial charge in [-0.15, -0.1) is 21.5 Å². The molecular formula is C20H20N2O2S2. The molecule has 0 atom stereocenters. The second-order valence-electron chi connectivity index (χ2n) is 6.52. The summed E-state index contributed by atoms with van der Waals surface area (Å²) in [7, 11) is 0. The molecule has 3 aromatic rings. The van der Waals surface area contributed by atoms with E-state index in [1.807, 2.05) is 29.6 Å². The summed E-state index contributed by atoms with van der Waals surface area (Å²) in [5.41, 5.74) is 2.11. The van der Waals surface area contributed by atoms with E-state index in [9.17, 15) is 4.79 Å². The monoisotopic (exact) mass is 384 g/mol. The quantitative estimate of drug-likeness (QED) is 0.396. The summed E-state index contributed by atoms with van der Waals surface area (Å²) in [4.78, 5) is 13.4. The molecule has 0 N–H and O–H groups in total. The van der Waals surface area contributed by atoms with E-state index in [0.717, 1.165) is 10.4 Å². The Bertz CT molecular complexity index is 850. The van der Waals surface area contributed by atoms with Gasteiger partial charge in [-0.05, 0) is 35.8 Å². The molecule has 0 unspecified atom stereocenters. The Morgan fingerprint density at radius 2 is 1.92 bits per heavy atom. The van der Waals surface area contributed by atoms with E-state index < -0.39 is 0 Å². The molecule has 1 saturated carbocycles. The molecule has 0 saturated heterocycles. The van der Waals surface area contributed by atoms with Gasteiger partial charge in [-0.3, -0.25) is 4.79 Å². The largest absolute Gasteiger partial charge is 0.410 e. The molecule has 0 bridgehead atoms. The number of carbonyl (C=O) groups is 1. The highest BCUT2D eigenvalue weighted by molar-refractivity contribution is 7.99. The maximum Gasteiger partial charge on any atom is 0.277 e. The van der Waals surface area contributed by atoms with Crippen LogP contribution < -0.4 is 0 Å². The highest BCUT2D eigenvalue weighted by Gasteiger charge is 2.17. The standard InChI is InChI=1S/C20H20N2O2S2/c23-17(13-26-20-22-21-19(24-20)18-7-4-12-25-18)16-10-8-15(9-11-16)14-5-2-1-3-6-14/h4,7-12,14H,1-3,5-6,13H2. The first kappa shape index (κ1) is 17.5. The van der Waals surface area contributed by atoms with Crippen molar-refractivity contribution in [2.75, 3.05) is 5.75 Å². The first-order valence-corrected chi connectivity index (χ1v) is 10.8. The predicted octanol–water partition coefficient (Wildman–Crippen LogP) is 5.82. The first-order chi connectivity index (χ1) is 12.8. The molecule has 1 aromatic carbocycles. The summed E-state index contributed by atoms with van der Waals surface area (Å²) in [5.74, 6) is 1.55. The van der Waals surface area contributed by atoms with Gasteiger partial charge in [0.15, 0.2) is 5.78 Å². The molecule has 1 aliphatic carbocycles. The van der Waals surface area contributed by atoms with E-state index in [1.54, 1.807) is 11.3 Å². The summed E-state index contributed by atoms with van der Waals surface area (Å²) in [6.45, 7) is 0. The minimum Gasteiger partial charge on any atom is -0.410 e. The fourth-order valence-corrected chi connectivity index (χ4v) is 4.66. The van der Waals surface area contributed by atoms with Crippen LogP contribution >= 0.6 is 23.1 Å². The Morgan fingerprint density at radius 3 is 2.65 bits per heavy atom. The van der Waals surface area contributed by atoms with Crippen LogP contribution in [0.2, 0.25) is 0 Å². The lowest BCUT2D eigenvalue weighted by molar-refractivity contribution is 0.102. The molecular weight excluding hydrogens is 364 g/mol. The van der Waals surface area contributed by atoms with Gasteiger partial charge in [0.05, 0.1) is 10.6 Å². The Hall–Kier alpha value is -1.92. The van der Waals surface area contributed by atoms with Gasteiger partial charge in [0.2, 0.25) is 0 Å². The molecule has 134 valence electrons. The number of hydrogen-bond donors (Lipinski definition) is 0. The highest BCUT2D eigenvalue weighted by Crippen LogP contribution is 2.33. The van der Waals surface area contributed by atoms with Gasteiger partial charge < -0.3 is 4.42 Å². The minimum atomic E-state index is 0.0843. The van der Waals surface area contributed by atoms with Gasteiger partial charge in [0.25, 0.3) is 11.1 Å². The van der Waals surface area contributed by atoms with E-state index in [1.165, 1.54) is 49.4 Å². The van der Waals surface area contributed by atoms with E-state index in [4.69, 9.17) is 4.42 Å². The summed E-state index contributed by atoms with van der Waals surface area (Å²) < 4.78 is 5.61. The molecule has 2 heterocycles. The third-order valence-electron chi connectivity index (χ3n) is 4.77. The Balaban J connectivity index is 1.34. The lowest BCUT2D eigenvalue weighted by atomic mass is 9.84. The van der Waals surface area contributed by atoms with Crippen LogP contribution in [0.3, 0.4) is 0 Å². The molecule has 1 fully saturated rings. The van der Waals surface area contributed by atoms with Crippen molar-refractivity contribution in [1.82, 2.24) is 10.2 Å². The van der Waals surface area contributed by atoms with Crippen LogP contribution in [0, 0.1) is 0 Å². The predicted molar refractivity (Wildman–Crippen MR) is 105 cm³/mol. The van der Waals surface area contributed by atoms with Crippen LogP contribution in [-0.4, -0.2) is 21.7 Å². The lowest BCUT2D eigenvalue weighted by Crippen LogP contribution is -2.06. The molecule has 6 heteroatoms. The number of rotatable bonds is 6. The van der Waals surface area contributed by atoms with Crippen LogP contribution in [0.15, 0.2) is 51.4 Å². The molecule has 0 spiro atoms. The molecule has 4 nitrogen and oxygen atoms in total. The minimum absolute atomic E-state index is 0.0843. The van der Waals surface area contributed by atoms with Crippen molar-refractivity contribution in [3.63, 3.8) is 0 Å². The maximum absolute atomic E-state index is 12.4. The van der Waals surface area contributed by atoms with Gasteiger partial charge in [0, 0.05) is 5.56 Å². The van der Waals surface area contributed by atoms with Crippen LogP contribution in [0.25, 0.3) is 10.8 Å². The van der Waals surface area contributed by atoms with Crippen molar-refractivity contribution < 1.29 is 9.21 Å². The summed E-state index contributed by atoms with van der Waals surface area (Å²) in [6, 6.07) is 12.0. The Labute approximate surface area is 161 Å². The number of thioether (sulfide) groups is 1. The van der Waals surface area contributed by atoms with Crippen LogP contribution in [-0.2, 0) is 0 Å². The van der Waals surface area contributed by atoms with Crippen LogP contribution in [0.1, 0.15) is 53.9 Å². The van der Waals surface area contributed by atoms with E-state index in [2.05, 4.69) is 22.3 Å². The Morgan fingerprint density at radius 1 is 1.12 bits per heavy atom. The average molecular weight is 385 g/mol. The smallest absolute Gasteiger partial charge is 0.277 e. The van der Waals surface area contributed by atoms with Crippen molar-refractivity contribution in [1.29, 1.82) is 0 Å². The van der Waals surface area contributed by atoms with E-state index >= 15 is 0 Å². The van der Waals surface area contributed by atoms with Crippen molar-refractivity contribution in [2.45, 2.75) is 43.2 Å². The van der Waals surface area contributed by atoms with Gasteiger partial charge in [-0.2, -0.15) is 0 Å². The molecule has 26 heavy (non-hydrogen) atoms. The van der Waals surface area contributed by atoms with E-state index in [0.29, 0.717) is 22.8 Å². The molecule has 2 aromatic heterocycles. The number of carbonyl (C=O) groups excluding carboxylic acids is 1. The molecule has 4 rings (SSSR count). The first-order valence-electron chi connectivity index (χ1n) is 8.93. The molecule has 0 amide bonds. The van der Waals surface area contributed by atoms with E-state index in [-0.39, 0.29) is 5.78 Å². The highest BCUT2D eigenvalue weighted by atomic mass is 32.2. The Kier molecular flexibility index (Phi) is 5.51. The number of thiophene rings is 1. The fraction of sp³-hybridized carbons (Fsp3) is 0.350. The normalized spacial score (nSPS) is 15.2. The zero-order valence-electron chi connectivity index (χ0n) is 14.4. The third-order valence-corrected chi connectivity index (χ3v) is 6.45. The number of nitrogens with zero attached hydrogens (tertiary/aromatic N) is 2. The van der Waals surface area contributed by atoms with Crippen molar-refractivity contribution in [2.24, 2.45) is 0 Å². The molecule has 1 aliphatic rings. The number of Topliss-reactive ketones (excluding diaryl/α,β-unsaturated/α-hetero) is 1. The maximum atomic E-state index is 12.4. The van der Waals surface area contributed by atoms with Gasteiger partial charge in [-0.1, -0.05) is 61.4 Å². The molecule has 0 radical (unpaired) electrons. The second kappa shape index (κ2) is 8.18. The van der Waals surface area contributed by atoms with Gasteiger partial charge >= 0.3 is 0 Å². The number of hydrogen-bond acceptors (Lipinski definition) is 6. The summed E-state index contributed by atoms with van der Waals surface area (Å²) >= 11 is 2.84. The fourth-order valence-electron chi connectivity index (χ4n) is 3.36. The number of benzene rings is 1. The average Bonchev–Trinajstić information content (AvgIpc) is 3.38.